The third kappa shape index (κ3) is 59300000. The predicted octanol–water partition coefficient (Wildman–Crippen LogP) is 1.60. The second-order valence-corrected chi connectivity index (χ2v) is 0. The second kappa shape index (κ2) is 133000000. The molecule has 0 bridgehead atoms. The van der Waals surface area contributed by atoms with Crippen LogP contribution in [-0.4, -0.2) is 0 Å². The van der Waals surface area contributed by atoms with Crippen LogP contribution in [0.5, 0.6) is 0 Å². The van der Waals surface area contributed by atoms with E-state index in [-0.39, 0.29) is 17.1 Å². The van der Waals surface area contributed by atoms with Crippen LogP contribution in [0.4, 0.5) is 0 Å². The van der Waals surface area contributed by atoms with Crippen LogP contribution < -0.4 is 0 Å². The van der Waals surface area contributed by atoms with Gasteiger partial charge in [-0.3, -0.25) is 0 Å². The summed E-state index contributed by atoms with van der Waals surface area (Å²) in [6, 6.07) is 0. The Bertz CT molecular complexity index is 5.61. The largest absolute Gasteiger partial charge is 0.106 e. The van der Waals surface area contributed by atoms with Crippen LogP contribution in [0.2, 0.25) is 0 Å². The standard InChI is InChI=1S/2C2H4.Cu/c2*1-2;/h2*1-2H2;. The first-order chi connectivity index (χ1) is 2.00. The van der Waals surface area contributed by atoms with Crippen LogP contribution in [0.15, 0.2) is 26.3 Å². The molecule has 1 radical (unpaired) electrons. The maximum absolute atomic E-state index is 3.00. The van der Waals surface area contributed by atoms with Crippen LogP contribution in [0.1, 0.15) is 0 Å². The van der Waals surface area contributed by atoms with Gasteiger partial charge in [-0.05, 0) is 0 Å². The monoisotopic (exact) mass is 119 g/mol. The Morgan fingerprint density at radius 2 is 0.600 bits per heavy atom. The molecule has 0 unspecified atom stereocenters. The molecule has 0 N–H and O–H groups in total. The fourth-order valence-electron chi connectivity index (χ4n) is 0. The molecule has 0 spiro atoms. The van der Waals surface area contributed by atoms with Gasteiger partial charge in [-0.15, -0.1) is 26.3 Å². The van der Waals surface area contributed by atoms with Gasteiger partial charge in [-0.25, -0.2) is 0 Å². The third-order valence-corrected chi connectivity index (χ3v) is 0. The first-order valence-electron chi connectivity index (χ1n) is 1.000. The van der Waals surface area contributed by atoms with Gasteiger partial charge in [0.05, 0.1) is 0 Å². The molecule has 0 nitrogen and oxygen atoms in total. The zero-order valence-electron chi connectivity index (χ0n) is 3.13. The van der Waals surface area contributed by atoms with E-state index in [0.29, 0.717) is 0 Å². The van der Waals surface area contributed by atoms with Gasteiger partial charge in [0.25, 0.3) is 0 Å². The number of hydrogen-bond acceptors (Lipinski definition) is 0. The summed E-state index contributed by atoms with van der Waals surface area (Å²) in [6.45, 7) is 12.0. The molecular weight excluding hydrogens is 112 g/mol. The van der Waals surface area contributed by atoms with E-state index >= 15 is 0 Å². The molecule has 0 aliphatic carbocycles. The molecular formula is C4H8Cu. The summed E-state index contributed by atoms with van der Waals surface area (Å²) in [6.07, 6.45) is 0. The number of hydrogen-bond donors (Lipinski definition) is 0. The van der Waals surface area contributed by atoms with E-state index in [4.69, 9.17) is 0 Å². The Kier molecular flexibility index (Phi) is 533000000. The van der Waals surface area contributed by atoms with E-state index in [1.807, 2.05) is 0 Å². The van der Waals surface area contributed by atoms with Crippen LogP contribution in [0.3, 0.4) is 0 Å². The first kappa shape index (κ1) is 20.0. The quantitative estimate of drug-likeness (QED) is 0.336. The fraction of sp³-hybridized carbons (Fsp3) is 0. The molecule has 0 aliphatic heterocycles. The van der Waals surface area contributed by atoms with E-state index in [9.17, 15) is 0 Å². The van der Waals surface area contributed by atoms with Gasteiger partial charge in [0, 0.05) is 17.1 Å². The minimum absolute atomic E-state index is 0. The molecule has 0 amide bonds. The van der Waals surface area contributed by atoms with Crippen molar-refractivity contribution in [1.29, 1.82) is 0 Å². The average molecular weight is 120 g/mol. The SMILES string of the molecule is C=C.C=C.[Cu]. The van der Waals surface area contributed by atoms with Gasteiger partial charge in [-0.1, -0.05) is 0 Å². The van der Waals surface area contributed by atoms with Crippen molar-refractivity contribution in [2.75, 3.05) is 0 Å². The van der Waals surface area contributed by atoms with Gasteiger partial charge in [0.1, 0.15) is 0 Å². The molecule has 0 atom stereocenters. The van der Waals surface area contributed by atoms with Gasteiger partial charge in [-0.2, -0.15) is 0 Å². The van der Waals surface area contributed by atoms with E-state index < -0.39 is 0 Å². The molecule has 35 valence electrons. The maximum Gasteiger partial charge on any atom is 0 e. The van der Waals surface area contributed by atoms with Gasteiger partial charge in [0.2, 0.25) is 0 Å². The van der Waals surface area contributed by atoms with E-state index in [1.54, 1.807) is 0 Å². The summed E-state index contributed by atoms with van der Waals surface area (Å²) in [5, 5.41) is 0. The summed E-state index contributed by atoms with van der Waals surface area (Å²) in [4.78, 5) is 0. The van der Waals surface area contributed by atoms with Crippen LogP contribution in [0, 0.1) is 0 Å². The molecule has 0 heterocycles. The van der Waals surface area contributed by atoms with Crippen molar-refractivity contribution in [1.82, 2.24) is 0 Å². The normalized spacial score (nSPS) is 1.60. The zero-order valence-corrected chi connectivity index (χ0v) is 4.07. The van der Waals surface area contributed by atoms with Crippen molar-refractivity contribution in [3.05, 3.63) is 26.3 Å². The molecule has 0 aromatic heterocycles. The minimum Gasteiger partial charge on any atom is -0.106 e. The smallest absolute Gasteiger partial charge is 0 e. The summed E-state index contributed by atoms with van der Waals surface area (Å²) >= 11 is 0. The summed E-state index contributed by atoms with van der Waals surface area (Å²) in [5.74, 6) is 0. The molecule has 5 heavy (non-hydrogen) atoms. The van der Waals surface area contributed by atoms with Gasteiger partial charge >= 0.3 is 0 Å². The zero-order chi connectivity index (χ0) is 4.00. The average Bonchev–Trinajstić information content (AvgIpc) is 1.50. The van der Waals surface area contributed by atoms with Crippen molar-refractivity contribution < 1.29 is 17.1 Å². The van der Waals surface area contributed by atoms with Crippen molar-refractivity contribution >= 4 is 0 Å². The molecule has 0 saturated carbocycles. The Hall–Kier alpha value is -0.000519. The molecule has 0 aliphatic rings. The van der Waals surface area contributed by atoms with Gasteiger partial charge in [0.15, 0.2) is 0 Å². The van der Waals surface area contributed by atoms with Crippen molar-refractivity contribution in [3.63, 3.8) is 0 Å². The summed E-state index contributed by atoms with van der Waals surface area (Å²) < 4.78 is 0. The molecule has 0 rings (SSSR count). The maximum atomic E-state index is 3.00. The van der Waals surface area contributed by atoms with Crippen LogP contribution in [-0.2, 0) is 17.1 Å². The second-order valence-electron chi connectivity index (χ2n) is 0. The Morgan fingerprint density at radius 1 is 0.600 bits per heavy atom. The summed E-state index contributed by atoms with van der Waals surface area (Å²) in [5.41, 5.74) is 0. The molecule has 0 aromatic carbocycles. The van der Waals surface area contributed by atoms with Crippen molar-refractivity contribution in [2.45, 2.75) is 0 Å². The summed E-state index contributed by atoms with van der Waals surface area (Å²) in [7, 11) is 0. The van der Waals surface area contributed by atoms with Gasteiger partial charge < -0.3 is 0 Å². The number of rotatable bonds is 0. The predicted molar refractivity (Wildman–Crippen MR) is 22.5 cm³/mol. The topological polar surface area (TPSA) is 0 Å². The fourth-order valence-corrected chi connectivity index (χ4v) is 0. The van der Waals surface area contributed by atoms with E-state index in [1.165, 1.54) is 0 Å². The molecule has 1 heteroatoms. The van der Waals surface area contributed by atoms with Crippen LogP contribution in [0.25, 0.3) is 0 Å². The Labute approximate surface area is 44.1 Å². The molecule has 0 saturated heterocycles. The third-order valence-electron chi connectivity index (χ3n) is 0. The minimum atomic E-state index is 0. The van der Waals surface area contributed by atoms with Crippen molar-refractivity contribution in [2.24, 2.45) is 0 Å². The molecule has 0 fully saturated rings. The van der Waals surface area contributed by atoms with E-state index in [0.717, 1.165) is 0 Å². The first-order valence-corrected chi connectivity index (χ1v) is 1.000. The van der Waals surface area contributed by atoms with Crippen molar-refractivity contribution in [3.8, 4) is 0 Å². The Morgan fingerprint density at radius 3 is 0.600 bits per heavy atom. The Balaban J connectivity index is -0.0000000133. The van der Waals surface area contributed by atoms with Crippen LogP contribution >= 0.6 is 0 Å². The van der Waals surface area contributed by atoms with E-state index in [2.05, 4.69) is 26.3 Å². The molecule has 0 aromatic rings.